The summed E-state index contributed by atoms with van der Waals surface area (Å²) in [6.45, 7) is 4.44. The van der Waals surface area contributed by atoms with Gasteiger partial charge in [0.15, 0.2) is 5.34 Å². The van der Waals surface area contributed by atoms with Gasteiger partial charge >= 0.3 is 5.97 Å². The molecule has 0 spiro atoms. The Labute approximate surface area is 86.7 Å². The van der Waals surface area contributed by atoms with Crippen molar-refractivity contribution in [3.63, 3.8) is 0 Å². The number of nitrogens with zero attached hydrogens (tertiary/aromatic N) is 1. The molecule has 80 valence electrons. The van der Waals surface area contributed by atoms with Crippen LogP contribution in [0.25, 0.3) is 0 Å². The molecule has 0 rings (SSSR count). The van der Waals surface area contributed by atoms with Gasteiger partial charge in [-0.3, -0.25) is 9.63 Å². The molecule has 0 aromatic carbocycles. The third-order valence-corrected chi connectivity index (χ3v) is 1.68. The summed E-state index contributed by atoms with van der Waals surface area (Å²) in [5.74, 6) is -1.35. The van der Waals surface area contributed by atoms with Crippen molar-refractivity contribution >= 4 is 24.5 Å². The molecule has 0 bridgehead atoms. The predicted molar refractivity (Wildman–Crippen MR) is 52.6 cm³/mol. The van der Waals surface area contributed by atoms with E-state index in [1.165, 1.54) is 6.92 Å². The average Bonchev–Trinajstić information content (AvgIpc) is 1.98. The van der Waals surface area contributed by atoms with E-state index in [9.17, 15) is 14.5 Å². The highest BCUT2D eigenvalue weighted by atomic mass is 32.1. The summed E-state index contributed by atoms with van der Waals surface area (Å²) in [6.07, 6.45) is 0. The number of thiol groups is 1. The molecule has 1 amide bonds. The lowest BCUT2D eigenvalue weighted by atomic mass is 10.0. The van der Waals surface area contributed by atoms with Crippen molar-refractivity contribution in [2.24, 2.45) is 5.34 Å². The van der Waals surface area contributed by atoms with Crippen LogP contribution in [0.15, 0.2) is 5.34 Å². The van der Waals surface area contributed by atoms with Crippen molar-refractivity contribution in [3.8, 4) is 0 Å². The Bertz CT molecular complexity index is 249. The molecule has 0 aliphatic rings. The maximum absolute atomic E-state index is 11.1. The van der Waals surface area contributed by atoms with Gasteiger partial charge in [-0.1, -0.05) is 0 Å². The highest BCUT2D eigenvalue weighted by Gasteiger charge is 2.35. The molecule has 0 radical (unpaired) electrons. The van der Waals surface area contributed by atoms with Crippen molar-refractivity contribution in [2.75, 3.05) is 0 Å². The summed E-state index contributed by atoms with van der Waals surface area (Å²) in [5, 5.41) is 4.31. The molecule has 0 saturated carbocycles. The van der Waals surface area contributed by atoms with E-state index in [0.29, 0.717) is 0 Å². The smallest absolute Gasteiger partial charge is 0.342 e. The summed E-state index contributed by atoms with van der Waals surface area (Å²) >= 11 is 4.10. The molecule has 0 aromatic rings. The van der Waals surface area contributed by atoms with Gasteiger partial charge < -0.3 is 5.32 Å². The summed E-state index contributed by atoms with van der Waals surface area (Å²) in [4.78, 5) is 35.5. The molecular weight excluding hydrogens is 208 g/mol. The Hall–Kier alpha value is -1.11. The molecule has 1 atom stereocenters. The SMILES string of the molecule is CC(=O)N[C@H](C(=O)ON=O)C(C)(C)S. The zero-order chi connectivity index (χ0) is 11.4. The summed E-state index contributed by atoms with van der Waals surface area (Å²) in [5.41, 5.74) is 0. The Morgan fingerprint density at radius 2 is 2.00 bits per heavy atom. The highest BCUT2D eigenvalue weighted by Crippen LogP contribution is 2.18. The number of carbonyl (C=O) groups is 2. The maximum atomic E-state index is 11.1. The first kappa shape index (κ1) is 12.9. The first-order chi connectivity index (χ1) is 6.29. The zero-order valence-electron chi connectivity index (χ0n) is 8.10. The lowest BCUT2D eigenvalue weighted by Crippen LogP contribution is -2.51. The Balaban J connectivity index is 4.63. The lowest BCUT2D eigenvalue weighted by Gasteiger charge is -2.26. The monoisotopic (exact) mass is 220 g/mol. The molecule has 6 nitrogen and oxygen atoms in total. The van der Waals surface area contributed by atoms with Crippen molar-refractivity contribution < 1.29 is 14.4 Å². The van der Waals surface area contributed by atoms with E-state index in [1.807, 2.05) is 5.34 Å². The van der Waals surface area contributed by atoms with Crippen LogP contribution >= 0.6 is 12.6 Å². The van der Waals surface area contributed by atoms with Gasteiger partial charge in [-0.2, -0.15) is 12.6 Å². The fraction of sp³-hybridized carbons (Fsp3) is 0.714. The van der Waals surface area contributed by atoms with E-state index in [2.05, 4.69) is 22.8 Å². The number of rotatable bonds is 4. The standard InChI is InChI=1S/C7H12N2O4S/c1-4(10)8-5(7(2,3)14)6(11)13-9-12/h5,14H,1-3H3,(H,8,10)/t5-/m1/s1. The minimum Gasteiger partial charge on any atom is -0.342 e. The Kier molecular flexibility index (Phi) is 4.55. The maximum Gasteiger partial charge on any atom is 0.362 e. The van der Waals surface area contributed by atoms with Gasteiger partial charge in [-0.15, -0.1) is 4.91 Å². The van der Waals surface area contributed by atoms with Crippen LogP contribution < -0.4 is 5.32 Å². The van der Waals surface area contributed by atoms with Crippen LogP contribution in [0.1, 0.15) is 20.8 Å². The number of carbonyl (C=O) groups excluding carboxylic acids is 2. The lowest BCUT2D eigenvalue weighted by molar-refractivity contribution is -0.148. The fourth-order valence-electron chi connectivity index (χ4n) is 0.817. The number of nitrogens with one attached hydrogen (secondary N) is 1. The third-order valence-electron chi connectivity index (χ3n) is 1.42. The van der Waals surface area contributed by atoms with E-state index >= 15 is 0 Å². The second-order valence-electron chi connectivity index (χ2n) is 3.27. The Morgan fingerprint density at radius 1 is 1.50 bits per heavy atom. The molecule has 0 saturated heterocycles. The molecule has 14 heavy (non-hydrogen) atoms. The van der Waals surface area contributed by atoms with Crippen LogP contribution in [0.2, 0.25) is 0 Å². The van der Waals surface area contributed by atoms with E-state index in [4.69, 9.17) is 0 Å². The normalized spacial score (nSPS) is 12.9. The average molecular weight is 220 g/mol. The second kappa shape index (κ2) is 4.94. The molecular formula is C7H12N2O4S. The van der Waals surface area contributed by atoms with Crippen LogP contribution in [-0.4, -0.2) is 22.7 Å². The predicted octanol–water partition coefficient (Wildman–Crippen LogP) is 0.424. The van der Waals surface area contributed by atoms with Crippen LogP contribution in [0.4, 0.5) is 0 Å². The minimum atomic E-state index is -1.01. The third kappa shape index (κ3) is 4.22. The summed E-state index contributed by atoms with van der Waals surface area (Å²) < 4.78 is -0.840. The minimum absolute atomic E-state index is 0.417. The van der Waals surface area contributed by atoms with E-state index in [-0.39, 0.29) is 0 Å². The van der Waals surface area contributed by atoms with Crippen LogP contribution in [0.5, 0.6) is 0 Å². The van der Waals surface area contributed by atoms with Gasteiger partial charge in [-0.05, 0) is 13.8 Å². The number of amides is 1. The van der Waals surface area contributed by atoms with Crippen molar-refractivity contribution in [1.29, 1.82) is 0 Å². The molecule has 0 heterocycles. The molecule has 0 aliphatic heterocycles. The van der Waals surface area contributed by atoms with Crippen LogP contribution in [-0.2, 0) is 14.4 Å². The zero-order valence-corrected chi connectivity index (χ0v) is 9.00. The van der Waals surface area contributed by atoms with Crippen molar-refractivity contribution in [1.82, 2.24) is 5.32 Å². The first-order valence-corrected chi connectivity index (χ1v) is 4.26. The number of hydrogen-bond donors (Lipinski definition) is 2. The molecule has 0 fully saturated rings. The van der Waals surface area contributed by atoms with Gasteiger partial charge in [0.2, 0.25) is 5.91 Å². The Morgan fingerprint density at radius 3 is 2.29 bits per heavy atom. The first-order valence-electron chi connectivity index (χ1n) is 3.82. The second-order valence-corrected chi connectivity index (χ2v) is 4.42. The van der Waals surface area contributed by atoms with E-state index < -0.39 is 22.7 Å². The van der Waals surface area contributed by atoms with E-state index in [0.717, 1.165) is 0 Å². The van der Waals surface area contributed by atoms with Crippen LogP contribution in [0, 0.1) is 4.91 Å². The topological polar surface area (TPSA) is 84.8 Å². The fourth-order valence-corrected chi connectivity index (χ4v) is 0.987. The van der Waals surface area contributed by atoms with Gasteiger partial charge in [0, 0.05) is 11.7 Å². The largest absolute Gasteiger partial charge is 0.362 e. The van der Waals surface area contributed by atoms with Gasteiger partial charge in [0.05, 0.1) is 0 Å². The van der Waals surface area contributed by atoms with Gasteiger partial charge in [0.1, 0.15) is 6.04 Å². The highest BCUT2D eigenvalue weighted by molar-refractivity contribution is 7.81. The van der Waals surface area contributed by atoms with Gasteiger partial charge in [-0.25, -0.2) is 4.79 Å². The van der Waals surface area contributed by atoms with E-state index in [1.54, 1.807) is 13.8 Å². The van der Waals surface area contributed by atoms with Gasteiger partial charge in [0.25, 0.3) is 0 Å². The summed E-state index contributed by atoms with van der Waals surface area (Å²) in [7, 11) is 0. The number of hydrogen-bond acceptors (Lipinski definition) is 6. The quantitative estimate of drug-likeness (QED) is 0.408. The molecule has 0 aliphatic carbocycles. The van der Waals surface area contributed by atoms with Crippen molar-refractivity contribution in [2.45, 2.75) is 31.6 Å². The molecule has 0 unspecified atom stereocenters. The van der Waals surface area contributed by atoms with Crippen molar-refractivity contribution in [3.05, 3.63) is 4.91 Å². The molecule has 7 heteroatoms. The summed E-state index contributed by atoms with van der Waals surface area (Å²) in [6, 6.07) is -1.01. The molecule has 1 N–H and O–H groups in total. The van der Waals surface area contributed by atoms with Crippen LogP contribution in [0.3, 0.4) is 0 Å². The molecule has 0 aromatic heterocycles.